The second kappa shape index (κ2) is 5.62. The zero-order valence-electron chi connectivity index (χ0n) is 10.5. The first-order valence-electron chi connectivity index (χ1n) is 5.91. The van der Waals surface area contributed by atoms with Gasteiger partial charge in [-0.25, -0.2) is 0 Å². The highest BCUT2D eigenvalue weighted by atomic mass is 19.1. The van der Waals surface area contributed by atoms with E-state index in [1.807, 2.05) is 20.8 Å². The van der Waals surface area contributed by atoms with Crippen LogP contribution in [0.5, 0.6) is 0 Å². The van der Waals surface area contributed by atoms with E-state index in [4.69, 9.17) is 4.74 Å². The summed E-state index contributed by atoms with van der Waals surface area (Å²) in [5, 5.41) is 0. The molecule has 1 aliphatic rings. The van der Waals surface area contributed by atoms with Gasteiger partial charge in [0, 0.05) is 19.6 Å². The molecule has 0 spiro atoms. The van der Waals surface area contributed by atoms with Crippen molar-refractivity contribution in [3.8, 4) is 0 Å². The van der Waals surface area contributed by atoms with Crippen LogP contribution in [0.15, 0.2) is 0 Å². The molecule has 0 aromatic heterocycles. The molecule has 1 fully saturated rings. The lowest BCUT2D eigenvalue weighted by Crippen LogP contribution is -2.48. The van der Waals surface area contributed by atoms with E-state index in [9.17, 15) is 9.18 Å². The predicted molar refractivity (Wildman–Crippen MR) is 61.0 cm³/mol. The second-order valence-corrected chi connectivity index (χ2v) is 5.46. The summed E-state index contributed by atoms with van der Waals surface area (Å²) in [6.45, 7) is 7.98. The van der Waals surface area contributed by atoms with Gasteiger partial charge in [-0.05, 0) is 33.1 Å². The number of nitrogens with zero attached hydrogens (tertiary/aromatic N) is 1. The number of carbonyl (C=O) groups is 1. The van der Waals surface area contributed by atoms with Crippen LogP contribution in [0.2, 0.25) is 0 Å². The van der Waals surface area contributed by atoms with Crippen molar-refractivity contribution in [3.63, 3.8) is 0 Å². The first-order valence-corrected chi connectivity index (χ1v) is 5.91. The monoisotopic (exact) mass is 231 g/mol. The fourth-order valence-electron chi connectivity index (χ4n) is 1.89. The molecule has 1 saturated heterocycles. The lowest BCUT2D eigenvalue weighted by Gasteiger charge is -2.39. The predicted octanol–water partition coefficient (Wildman–Crippen LogP) is 2.01. The van der Waals surface area contributed by atoms with Crippen molar-refractivity contribution in [3.05, 3.63) is 0 Å². The largest absolute Gasteiger partial charge is 0.460 e. The summed E-state index contributed by atoms with van der Waals surface area (Å²) in [4.78, 5) is 13.7. The van der Waals surface area contributed by atoms with Gasteiger partial charge in [-0.15, -0.1) is 0 Å². The van der Waals surface area contributed by atoms with Crippen molar-refractivity contribution >= 4 is 5.97 Å². The molecule has 0 N–H and O–H groups in total. The molecule has 0 saturated carbocycles. The first-order chi connectivity index (χ1) is 7.40. The Kier molecular flexibility index (Phi) is 4.71. The van der Waals surface area contributed by atoms with Crippen LogP contribution >= 0.6 is 0 Å². The normalized spacial score (nSPS) is 18.2. The van der Waals surface area contributed by atoms with Crippen molar-refractivity contribution in [1.82, 2.24) is 4.90 Å². The third-order valence-electron chi connectivity index (χ3n) is 2.52. The van der Waals surface area contributed by atoms with E-state index in [0.29, 0.717) is 18.8 Å². The number of rotatable bonds is 5. The van der Waals surface area contributed by atoms with E-state index in [0.717, 1.165) is 19.6 Å². The number of halogens is 1. The number of hydrogen-bond donors (Lipinski definition) is 0. The molecule has 0 bridgehead atoms. The molecule has 4 heteroatoms. The van der Waals surface area contributed by atoms with Gasteiger partial charge in [0.15, 0.2) is 0 Å². The summed E-state index contributed by atoms with van der Waals surface area (Å²) in [5.74, 6) is 0.275. The number of esters is 1. The van der Waals surface area contributed by atoms with Gasteiger partial charge in [-0.2, -0.15) is 0 Å². The maximum Gasteiger partial charge on any atom is 0.306 e. The summed E-state index contributed by atoms with van der Waals surface area (Å²) in [6, 6.07) is 0. The molecule has 0 unspecified atom stereocenters. The molecule has 16 heavy (non-hydrogen) atoms. The van der Waals surface area contributed by atoms with Gasteiger partial charge in [0.1, 0.15) is 5.60 Å². The van der Waals surface area contributed by atoms with E-state index in [1.165, 1.54) is 0 Å². The van der Waals surface area contributed by atoms with E-state index < -0.39 is 5.60 Å². The van der Waals surface area contributed by atoms with Crippen LogP contribution < -0.4 is 0 Å². The topological polar surface area (TPSA) is 29.5 Å². The standard InChI is InChI=1S/C12H22FNO2/c1-12(2,3)16-11(15)7-10-8-14(9-10)6-4-5-13/h10H,4-9H2,1-3H3. The van der Waals surface area contributed by atoms with Crippen LogP contribution in [0.3, 0.4) is 0 Å². The third-order valence-corrected chi connectivity index (χ3v) is 2.52. The minimum Gasteiger partial charge on any atom is -0.460 e. The molecular weight excluding hydrogens is 209 g/mol. The van der Waals surface area contributed by atoms with Gasteiger partial charge in [0.2, 0.25) is 0 Å². The van der Waals surface area contributed by atoms with Crippen LogP contribution in [0, 0.1) is 5.92 Å². The summed E-state index contributed by atoms with van der Waals surface area (Å²) < 4.78 is 17.1. The van der Waals surface area contributed by atoms with E-state index in [2.05, 4.69) is 4.90 Å². The molecular formula is C12H22FNO2. The van der Waals surface area contributed by atoms with Gasteiger partial charge in [-0.3, -0.25) is 9.18 Å². The Labute approximate surface area is 96.9 Å². The molecule has 0 aromatic rings. The van der Waals surface area contributed by atoms with E-state index in [-0.39, 0.29) is 12.6 Å². The second-order valence-electron chi connectivity index (χ2n) is 5.46. The SMILES string of the molecule is CC(C)(C)OC(=O)CC1CN(CCCF)C1. The molecule has 94 valence electrons. The fraction of sp³-hybridized carbons (Fsp3) is 0.917. The first kappa shape index (κ1) is 13.4. The maximum atomic E-state index is 11.9. The van der Waals surface area contributed by atoms with Crippen LogP contribution in [-0.2, 0) is 9.53 Å². The molecule has 1 rings (SSSR count). The highest BCUT2D eigenvalue weighted by Gasteiger charge is 2.29. The molecule has 1 aliphatic heterocycles. The quantitative estimate of drug-likeness (QED) is 0.678. The number of hydrogen-bond acceptors (Lipinski definition) is 3. The fourth-order valence-corrected chi connectivity index (χ4v) is 1.89. The zero-order valence-corrected chi connectivity index (χ0v) is 10.5. The number of ether oxygens (including phenoxy) is 1. The van der Waals surface area contributed by atoms with Crippen LogP contribution in [0.1, 0.15) is 33.6 Å². The number of alkyl halides is 1. The smallest absolute Gasteiger partial charge is 0.306 e. The molecule has 0 aliphatic carbocycles. The highest BCUT2D eigenvalue weighted by Crippen LogP contribution is 2.21. The molecule has 3 nitrogen and oxygen atoms in total. The summed E-state index contributed by atoms with van der Waals surface area (Å²) in [6.07, 6.45) is 1.09. The van der Waals surface area contributed by atoms with Crippen LogP contribution in [-0.4, -0.2) is 42.8 Å². The lowest BCUT2D eigenvalue weighted by molar-refractivity contribution is -0.157. The minimum atomic E-state index is -0.394. The molecule has 0 atom stereocenters. The highest BCUT2D eigenvalue weighted by molar-refractivity contribution is 5.70. The Hall–Kier alpha value is -0.640. The molecule has 0 amide bonds. The average molecular weight is 231 g/mol. The zero-order chi connectivity index (χ0) is 12.2. The summed E-state index contributed by atoms with van der Waals surface area (Å²) in [7, 11) is 0. The van der Waals surface area contributed by atoms with Gasteiger partial charge in [0.25, 0.3) is 0 Å². The van der Waals surface area contributed by atoms with Crippen molar-refractivity contribution in [2.75, 3.05) is 26.3 Å². The third kappa shape index (κ3) is 4.92. The Morgan fingerprint density at radius 2 is 2.06 bits per heavy atom. The Bertz CT molecular complexity index is 232. The number of likely N-dealkylation sites (tertiary alicyclic amines) is 1. The van der Waals surface area contributed by atoms with Crippen molar-refractivity contribution in [2.45, 2.75) is 39.2 Å². The van der Waals surface area contributed by atoms with E-state index in [1.54, 1.807) is 0 Å². The summed E-state index contributed by atoms with van der Waals surface area (Å²) >= 11 is 0. The average Bonchev–Trinajstić information content (AvgIpc) is 2.05. The molecule has 1 heterocycles. The number of carbonyl (C=O) groups excluding carboxylic acids is 1. The van der Waals surface area contributed by atoms with Crippen molar-refractivity contribution < 1.29 is 13.9 Å². The Balaban J connectivity index is 2.10. The summed E-state index contributed by atoms with van der Waals surface area (Å²) in [5.41, 5.74) is -0.394. The molecule has 0 aromatic carbocycles. The Morgan fingerprint density at radius 3 is 2.56 bits per heavy atom. The minimum absolute atomic E-state index is 0.123. The van der Waals surface area contributed by atoms with Gasteiger partial charge >= 0.3 is 5.97 Å². The van der Waals surface area contributed by atoms with Crippen LogP contribution in [0.4, 0.5) is 4.39 Å². The van der Waals surface area contributed by atoms with Gasteiger partial charge in [-0.1, -0.05) is 0 Å². The Morgan fingerprint density at radius 1 is 1.44 bits per heavy atom. The van der Waals surface area contributed by atoms with E-state index >= 15 is 0 Å². The van der Waals surface area contributed by atoms with Gasteiger partial charge < -0.3 is 9.64 Å². The van der Waals surface area contributed by atoms with Crippen molar-refractivity contribution in [2.24, 2.45) is 5.92 Å². The van der Waals surface area contributed by atoms with Gasteiger partial charge in [0.05, 0.1) is 13.1 Å². The molecule has 0 radical (unpaired) electrons. The maximum absolute atomic E-state index is 11.9. The lowest BCUT2D eigenvalue weighted by atomic mass is 9.96. The van der Waals surface area contributed by atoms with Crippen LogP contribution in [0.25, 0.3) is 0 Å². The van der Waals surface area contributed by atoms with Crippen molar-refractivity contribution in [1.29, 1.82) is 0 Å².